The predicted molar refractivity (Wildman–Crippen MR) is 61.5 cm³/mol. The van der Waals surface area contributed by atoms with Gasteiger partial charge >= 0.3 is 0 Å². The van der Waals surface area contributed by atoms with Crippen molar-refractivity contribution in [2.24, 2.45) is 5.92 Å². The Morgan fingerprint density at radius 1 is 1.29 bits per heavy atom. The number of ketones is 1. The lowest BCUT2D eigenvalue weighted by Crippen LogP contribution is -2.40. The Balaban J connectivity index is 4.34. The normalized spacial score (nSPS) is 15.6. The van der Waals surface area contributed by atoms with Gasteiger partial charge in [-0.1, -0.05) is 33.1 Å². The van der Waals surface area contributed by atoms with Gasteiger partial charge in [-0.25, -0.2) is 0 Å². The maximum atomic E-state index is 11.5. The molecule has 84 valence electrons. The Kier molecular flexibility index (Phi) is 6.81. The molecule has 0 heterocycles. The zero-order valence-electron chi connectivity index (χ0n) is 10.3. The molecular formula is C12H25NO. The molecule has 2 nitrogen and oxygen atoms in total. The average molecular weight is 199 g/mol. The number of likely N-dealkylation sites (N-methyl/N-ethyl adjacent to an activating group) is 1. The Morgan fingerprint density at radius 2 is 1.86 bits per heavy atom. The summed E-state index contributed by atoms with van der Waals surface area (Å²) < 4.78 is 0. The summed E-state index contributed by atoms with van der Waals surface area (Å²) in [4.78, 5) is 13.6. The van der Waals surface area contributed by atoms with Crippen LogP contribution in [0.15, 0.2) is 0 Å². The van der Waals surface area contributed by atoms with E-state index in [1.54, 1.807) is 6.92 Å². The zero-order valence-corrected chi connectivity index (χ0v) is 10.3. The monoisotopic (exact) mass is 199 g/mol. The van der Waals surface area contributed by atoms with E-state index in [0.29, 0.717) is 11.7 Å². The first-order chi connectivity index (χ1) is 6.54. The van der Waals surface area contributed by atoms with Gasteiger partial charge in [-0.15, -0.1) is 0 Å². The Hall–Kier alpha value is -0.370. The van der Waals surface area contributed by atoms with E-state index in [2.05, 4.69) is 18.7 Å². The highest BCUT2D eigenvalue weighted by Gasteiger charge is 2.25. The quantitative estimate of drug-likeness (QED) is 0.628. The topological polar surface area (TPSA) is 20.3 Å². The molecule has 0 unspecified atom stereocenters. The van der Waals surface area contributed by atoms with Crippen molar-refractivity contribution in [1.29, 1.82) is 0 Å². The number of carbonyl (C=O) groups is 1. The molecule has 0 aromatic carbocycles. The van der Waals surface area contributed by atoms with Crippen LogP contribution >= 0.6 is 0 Å². The molecule has 0 aliphatic carbocycles. The minimum absolute atomic E-state index is 0.117. The number of nitrogens with zero attached hydrogens (tertiary/aromatic N) is 1. The molecule has 0 aromatic rings. The third-order valence-electron chi connectivity index (χ3n) is 2.87. The van der Waals surface area contributed by atoms with Crippen molar-refractivity contribution in [3.8, 4) is 0 Å². The highest BCUT2D eigenvalue weighted by molar-refractivity contribution is 5.81. The molecule has 0 saturated heterocycles. The van der Waals surface area contributed by atoms with Gasteiger partial charge in [0.1, 0.15) is 5.78 Å². The van der Waals surface area contributed by atoms with Crippen molar-refractivity contribution in [1.82, 2.24) is 4.90 Å². The number of hydrogen-bond donors (Lipinski definition) is 0. The first kappa shape index (κ1) is 13.6. The molecule has 0 radical (unpaired) electrons. The van der Waals surface area contributed by atoms with Crippen LogP contribution in [0.1, 0.15) is 46.5 Å². The lowest BCUT2D eigenvalue weighted by molar-refractivity contribution is -0.123. The summed E-state index contributed by atoms with van der Waals surface area (Å²) >= 11 is 0. The van der Waals surface area contributed by atoms with Gasteiger partial charge in [-0.2, -0.15) is 0 Å². The number of Topliss-reactive ketones (excluding diaryl/α,β-unsaturated/α-hetero) is 1. The second-order valence-corrected chi connectivity index (χ2v) is 4.33. The van der Waals surface area contributed by atoms with E-state index in [-0.39, 0.29) is 6.04 Å². The van der Waals surface area contributed by atoms with Crippen molar-refractivity contribution in [2.75, 3.05) is 14.1 Å². The van der Waals surface area contributed by atoms with Crippen LogP contribution in [0, 0.1) is 5.92 Å². The van der Waals surface area contributed by atoms with Crippen LogP contribution in [0.5, 0.6) is 0 Å². The third-order valence-corrected chi connectivity index (χ3v) is 2.87. The van der Waals surface area contributed by atoms with Gasteiger partial charge in [0.05, 0.1) is 6.04 Å². The third kappa shape index (κ3) is 4.23. The van der Waals surface area contributed by atoms with Gasteiger partial charge in [0.2, 0.25) is 0 Å². The minimum Gasteiger partial charge on any atom is -0.300 e. The van der Waals surface area contributed by atoms with Gasteiger partial charge in [0.25, 0.3) is 0 Å². The molecule has 0 amide bonds. The SMILES string of the molecule is CCCC[C@H](CC)[C@H](C(C)=O)N(C)C. The first-order valence-corrected chi connectivity index (χ1v) is 5.71. The zero-order chi connectivity index (χ0) is 11.1. The molecule has 0 fully saturated rings. The summed E-state index contributed by atoms with van der Waals surface area (Å²) in [6, 6.07) is 0.117. The van der Waals surface area contributed by atoms with Crippen LogP contribution in [0.2, 0.25) is 0 Å². The van der Waals surface area contributed by atoms with E-state index in [4.69, 9.17) is 0 Å². The Labute approximate surface area is 88.7 Å². The van der Waals surface area contributed by atoms with Crippen molar-refractivity contribution in [2.45, 2.75) is 52.5 Å². The fourth-order valence-corrected chi connectivity index (χ4v) is 2.17. The molecule has 14 heavy (non-hydrogen) atoms. The lowest BCUT2D eigenvalue weighted by Gasteiger charge is -2.29. The van der Waals surface area contributed by atoms with Gasteiger partial charge in [0, 0.05) is 0 Å². The molecule has 0 N–H and O–H groups in total. The molecule has 2 heteroatoms. The molecule has 0 aromatic heterocycles. The summed E-state index contributed by atoms with van der Waals surface area (Å²) in [6.45, 7) is 6.09. The largest absolute Gasteiger partial charge is 0.300 e. The second kappa shape index (κ2) is 6.99. The van der Waals surface area contributed by atoms with Crippen molar-refractivity contribution >= 4 is 5.78 Å². The fraction of sp³-hybridized carbons (Fsp3) is 0.917. The van der Waals surface area contributed by atoms with Gasteiger partial charge in [0.15, 0.2) is 0 Å². The number of unbranched alkanes of at least 4 members (excludes halogenated alkanes) is 1. The van der Waals surface area contributed by atoms with Crippen molar-refractivity contribution in [3.63, 3.8) is 0 Å². The van der Waals surface area contributed by atoms with E-state index in [1.807, 2.05) is 14.1 Å². The van der Waals surface area contributed by atoms with Gasteiger partial charge in [-0.05, 0) is 33.4 Å². The average Bonchev–Trinajstić information content (AvgIpc) is 2.10. The van der Waals surface area contributed by atoms with Crippen LogP contribution in [0.4, 0.5) is 0 Å². The van der Waals surface area contributed by atoms with Crippen molar-refractivity contribution < 1.29 is 4.79 Å². The Morgan fingerprint density at radius 3 is 2.14 bits per heavy atom. The molecule has 0 bridgehead atoms. The highest BCUT2D eigenvalue weighted by Crippen LogP contribution is 2.20. The summed E-state index contributed by atoms with van der Waals surface area (Å²) in [5, 5.41) is 0. The van der Waals surface area contributed by atoms with Gasteiger partial charge in [-0.3, -0.25) is 9.69 Å². The van der Waals surface area contributed by atoms with Crippen LogP contribution in [-0.2, 0) is 4.79 Å². The number of carbonyl (C=O) groups excluding carboxylic acids is 1. The summed E-state index contributed by atoms with van der Waals surface area (Å²) in [7, 11) is 4.00. The highest BCUT2D eigenvalue weighted by atomic mass is 16.1. The number of rotatable bonds is 7. The Bertz CT molecular complexity index is 166. The van der Waals surface area contributed by atoms with E-state index >= 15 is 0 Å². The van der Waals surface area contributed by atoms with E-state index in [1.165, 1.54) is 19.3 Å². The fourth-order valence-electron chi connectivity index (χ4n) is 2.17. The van der Waals surface area contributed by atoms with E-state index in [0.717, 1.165) is 6.42 Å². The molecule has 0 rings (SSSR count). The van der Waals surface area contributed by atoms with Gasteiger partial charge < -0.3 is 0 Å². The molecular weight excluding hydrogens is 174 g/mol. The molecule has 0 aliphatic rings. The minimum atomic E-state index is 0.117. The van der Waals surface area contributed by atoms with Crippen LogP contribution < -0.4 is 0 Å². The first-order valence-electron chi connectivity index (χ1n) is 5.71. The van der Waals surface area contributed by atoms with Crippen molar-refractivity contribution in [3.05, 3.63) is 0 Å². The van der Waals surface area contributed by atoms with E-state index in [9.17, 15) is 4.79 Å². The smallest absolute Gasteiger partial charge is 0.147 e. The molecule has 2 atom stereocenters. The van der Waals surface area contributed by atoms with E-state index < -0.39 is 0 Å². The van der Waals surface area contributed by atoms with Crippen LogP contribution in [0.3, 0.4) is 0 Å². The molecule has 0 spiro atoms. The maximum Gasteiger partial charge on any atom is 0.147 e. The van der Waals surface area contributed by atoms with Crippen LogP contribution in [0.25, 0.3) is 0 Å². The molecule has 0 saturated carbocycles. The lowest BCUT2D eigenvalue weighted by atomic mass is 9.88. The van der Waals surface area contributed by atoms with Crippen LogP contribution in [-0.4, -0.2) is 30.8 Å². The maximum absolute atomic E-state index is 11.5. The number of hydrogen-bond acceptors (Lipinski definition) is 2. The summed E-state index contributed by atoms with van der Waals surface area (Å²) in [6.07, 6.45) is 4.72. The predicted octanol–water partition coefficient (Wildman–Crippen LogP) is 2.72. The molecule has 0 aliphatic heterocycles. The summed E-state index contributed by atoms with van der Waals surface area (Å²) in [5.41, 5.74) is 0. The standard InChI is InChI=1S/C12H25NO/c1-6-8-9-11(7-2)12(10(3)14)13(4)5/h11-12H,6-9H2,1-5H3/t11-,12-/m0/s1. The second-order valence-electron chi connectivity index (χ2n) is 4.33. The summed E-state index contributed by atoms with van der Waals surface area (Å²) in [5.74, 6) is 0.834.